The summed E-state index contributed by atoms with van der Waals surface area (Å²) in [7, 11) is 3.37. The molecule has 1 aromatic rings. The molecule has 1 amide bonds. The summed E-state index contributed by atoms with van der Waals surface area (Å²) < 4.78 is 10.7. The van der Waals surface area contributed by atoms with Crippen LogP contribution in [0.3, 0.4) is 0 Å². The highest BCUT2D eigenvalue weighted by atomic mass is 16.5. The molecule has 0 spiro atoms. The van der Waals surface area contributed by atoms with E-state index in [9.17, 15) is 4.79 Å². The zero-order chi connectivity index (χ0) is 15.9. The SMILES string of the molecule is CCCC(C)(N)C(=O)N(C)CCOc1ccc(OC)cc1. The molecule has 0 fully saturated rings. The first-order valence-electron chi connectivity index (χ1n) is 7.22. The molecule has 21 heavy (non-hydrogen) atoms. The molecule has 1 aromatic carbocycles. The molecular formula is C16H26N2O3. The van der Waals surface area contributed by atoms with Gasteiger partial charge in [-0.3, -0.25) is 4.79 Å². The average Bonchev–Trinajstić information content (AvgIpc) is 2.47. The third-order valence-corrected chi connectivity index (χ3v) is 3.36. The van der Waals surface area contributed by atoms with Gasteiger partial charge in [-0.15, -0.1) is 0 Å². The fraction of sp³-hybridized carbons (Fsp3) is 0.562. The fourth-order valence-corrected chi connectivity index (χ4v) is 2.14. The number of carbonyl (C=O) groups excluding carboxylic acids is 1. The van der Waals surface area contributed by atoms with Crippen LogP contribution in [0.15, 0.2) is 24.3 Å². The Morgan fingerprint density at radius 1 is 1.29 bits per heavy atom. The van der Waals surface area contributed by atoms with Crippen molar-refractivity contribution in [3.05, 3.63) is 24.3 Å². The molecule has 0 aliphatic rings. The summed E-state index contributed by atoms with van der Waals surface area (Å²) in [6.07, 6.45) is 1.56. The molecule has 0 saturated heterocycles. The monoisotopic (exact) mass is 294 g/mol. The number of hydrogen-bond donors (Lipinski definition) is 1. The molecule has 0 aliphatic carbocycles. The lowest BCUT2D eigenvalue weighted by atomic mass is 9.96. The number of nitrogens with zero attached hydrogens (tertiary/aromatic N) is 1. The standard InChI is InChI=1S/C16H26N2O3/c1-5-10-16(2,17)15(19)18(3)11-12-21-14-8-6-13(20-4)7-9-14/h6-9H,5,10-12,17H2,1-4H3. The average molecular weight is 294 g/mol. The highest BCUT2D eigenvalue weighted by Crippen LogP contribution is 2.17. The third-order valence-electron chi connectivity index (χ3n) is 3.36. The van der Waals surface area contributed by atoms with Crippen molar-refractivity contribution in [2.24, 2.45) is 5.73 Å². The maximum atomic E-state index is 12.2. The fourth-order valence-electron chi connectivity index (χ4n) is 2.14. The Morgan fingerprint density at radius 2 is 1.86 bits per heavy atom. The van der Waals surface area contributed by atoms with Gasteiger partial charge in [-0.05, 0) is 37.6 Å². The highest BCUT2D eigenvalue weighted by Gasteiger charge is 2.29. The van der Waals surface area contributed by atoms with Gasteiger partial charge in [0.05, 0.1) is 19.2 Å². The second-order valence-corrected chi connectivity index (χ2v) is 5.42. The first kappa shape index (κ1) is 17.3. The molecule has 0 saturated carbocycles. The quantitative estimate of drug-likeness (QED) is 0.797. The van der Waals surface area contributed by atoms with Crippen LogP contribution in [-0.4, -0.2) is 43.7 Å². The van der Waals surface area contributed by atoms with Crippen molar-refractivity contribution < 1.29 is 14.3 Å². The molecular weight excluding hydrogens is 268 g/mol. The molecule has 0 bridgehead atoms. The Kier molecular flexibility index (Phi) is 6.49. The molecule has 0 heterocycles. The molecule has 0 aliphatic heterocycles. The van der Waals surface area contributed by atoms with Crippen molar-refractivity contribution in [2.75, 3.05) is 27.3 Å². The van der Waals surface area contributed by atoms with E-state index >= 15 is 0 Å². The summed E-state index contributed by atoms with van der Waals surface area (Å²) in [5, 5.41) is 0. The van der Waals surface area contributed by atoms with E-state index < -0.39 is 5.54 Å². The van der Waals surface area contributed by atoms with E-state index in [2.05, 4.69) is 0 Å². The van der Waals surface area contributed by atoms with Crippen LogP contribution in [0.4, 0.5) is 0 Å². The van der Waals surface area contributed by atoms with E-state index in [0.29, 0.717) is 19.6 Å². The van der Waals surface area contributed by atoms with Gasteiger partial charge in [-0.1, -0.05) is 13.3 Å². The van der Waals surface area contributed by atoms with Crippen LogP contribution >= 0.6 is 0 Å². The largest absolute Gasteiger partial charge is 0.497 e. The summed E-state index contributed by atoms with van der Waals surface area (Å²) in [6, 6.07) is 7.35. The number of nitrogens with two attached hydrogens (primary N) is 1. The number of amides is 1. The lowest BCUT2D eigenvalue weighted by Crippen LogP contribution is -2.52. The Morgan fingerprint density at radius 3 is 2.38 bits per heavy atom. The Balaban J connectivity index is 2.42. The predicted octanol–water partition coefficient (Wildman–Crippen LogP) is 2.05. The third kappa shape index (κ3) is 5.27. The van der Waals surface area contributed by atoms with Gasteiger partial charge in [0.15, 0.2) is 0 Å². The minimum Gasteiger partial charge on any atom is -0.497 e. The number of methoxy groups -OCH3 is 1. The summed E-state index contributed by atoms with van der Waals surface area (Å²) in [4.78, 5) is 13.8. The molecule has 2 N–H and O–H groups in total. The zero-order valence-electron chi connectivity index (χ0n) is 13.4. The number of hydrogen-bond acceptors (Lipinski definition) is 4. The number of benzene rings is 1. The van der Waals surface area contributed by atoms with Crippen LogP contribution in [0.5, 0.6) is 11.5 Å². The van der Waals surface area contributed by atoms with Crippen molar-refractivity contribution >= 4 is 5.91 Å². The smallest absolute Gasteiger partial charge is 0.242 e. The first-order chi connectivity index (χ1) is 9.90. The van der Waals surface area contributed by atoms with E-state index in [1.54, 1.807) is 26.0 Å². The molecule has 1 unspecified atom stereocenters. The van der Waals surface area contributed by atoms with E-state index in [1.165, 1.54) is 0 Å². The second-order valence-electron chi connectivity index (χ2n) is 5.42. The summed E-state index contributed by atoms with van der Waals surface area (Å²) in [5.41, 5.74) is 5.24. The zero-order valence-corrected chi connectivity index (χ0v) is 13.4. The van der Waals surface area contributed by atoms with Gasteiger partial charge in [0.2, 0.25) is 5.91 Å². The summed E-state index contributed by atoms with van der Waals surface area (Å²) >= 11 is 0. The number of carbonyl (C=O) groups is 1. The summed E-state index contributed by atoms with van der Waals surface area (Å²) in [5.74, 6) is 1.48. The van der Waals surface area contributed by atoms with E-state index in [-0.39, 0.29) is 5.91 Å². The summed E-state index contributed by atoms with van der Waals surface area (Å²) in [6.45, 7) is 4.73. The Bertz CT molecular complexity index is 443. The molecule has 0 radical (unpaired) electrons. The maximum absolute atomic E-state index is 12.2. The van der Waals surface area contributed by atoms with Crippen molar-refractivity contribution in [3.63, 3.8) is 0 Å². The van der Waals surface area contributed by atoms with Gasteiger partial charge in [0.25, 0.3) is 0 Å². The topological polar surface area (TPSA) is 64.8 Å². The molecule has 0 aromatic heterocycles. The minimum absolute atomic E-state index is 0.0531. The normalized spacial score (nSPS) is 13.4. The van der Waals surface area contributed by atoms with Crippen LogP contribution in [0, 0.1) is 0 Å². The molecule has 5 heteroatoms. The van der Waals surface area contributed by atoms with Gasteiger partial charge in [0.1, 0.15) is 18.1 Å². The lowest BCUT2D eigenvalue weighted by Gasteiger charge is -2.28. The van der Waals surface area contributed by atoms with Crippen LogP contribution in [0.1, 0.15) is 26.7 Å². The van der Waals surface area contributed by atoms with Gasteiger partial charge in [-0.2, -0.15) is 0 Å². The van der Waals surface area contributed by atoms with E-state index in [4.69, 9.17) is 15.2 Å². The molecule has 1 rings (SSSR count). The van der Waals surface area contributed by atoms with Gasteiger partial charge >= 0.3 is 0 Å². The Labute approximate surface area is 127 Å². The van der Waals surface area contributed by atoms with Crippen molar-refractivity contribution in [2.45, 2.75) is 32.2 Å². The van der Waals surface area contributed by atoms with Crippen molar-refractivity contribution in [1.29, 1.82) is 0 Å². The number of rotatable bonds is 8. The van der Waals surface area contributed by atoms with E-state index in [0.717, 1.165) is 17.9 Å². The first-order valence-corrected chi connectivity index (χ1v) is 7.22. The van der Waals surface area contributed by atoms with Crippen LogP contribution in [0.2, 0.25) is 0 Å². The lowest BCUT2D eigenvalue weighted by molar-refractivity contribution is -0.135. The number of likely N-dealkylation sites (N-methyl/N-ethyl adjacent to an activating group) is 1. The van der Waals surface area contributed by atoms with Gasteiger partial charge < -0.3 is 20.1 Å². The van der Waals surface area contributed by atoms with Crippen molar-refractivity contribution in [3.8, 4) is 11.5 Å². The van der Waals surface area contributed by atoms with Gasteiger partial charge in [0, 0.05) is 7.05 Å². The maximum Gasteiger partial charge on any atom is 0.242 e. The van der Waals surface area contributed by atoms with Crippen LogP contribution in [-0.2, 0) is 4.79 Å². The molecule has 118 valence electrons. The molecule has 1 atom stereocenters. The second kappa shape index (κ2) is 7.88. The molecule has 5 nitrogen and oxygen atoms in total. The Hall–Kier alpha value is -1.75. The highest BCUT2D eigenvalue weighted by molar-refractivity contribution is 5.85. The minimum atomic E-state index is -0.802. The van der Waals surface area contributed by atoms with Crippen LogP contribution in [0.25, 0.3) is 0 Å². The van der Waals surface area contributed by atoms with Gasteiger partial charge in [-0.25, -0.2) is 0 Å². The predicted molar refractivity (Wildman–Crippen MR) is 83.6 cm³/mol. The van der Waals surface area contributed by atoms with Crippen LogP contribution < -0.4 is 15.2 Å². The van der Waals surface area contributed by atoms with E-state index in [1.807, 2.05) is 31.2 Å². The van der Waals surface area contributed by atoms with Crippen molar-refractivity contribution in [1.82, 2.24) is 4.90 Å². The number of ether oxygens (including phenoxy) is 2.